The van der Waals surface area contributed by atoms with E-state index < -0.39 is 0 Å². The first-order chi connectivity index (χ1) is 8.29. The maximum Gasteiger partial charge on any atom is 0.224 e. The van der Waals surface area contributed by atoms with E-state index in [2.05, 4.69) is 5.32 Å². The molecule has 0 aliphatic carbocycles. The van der Waals surface area contributed by atoms with Crippen LogP contribution in [0, 0.1) is 0 Å². The summed E-state index contributed by atoms with van der Waals surface area (Å²) in [4.78, 5) is 11.3. The van der Waals surface area contributed by atoms with Crippen LogP contribution in [0.3, 0.4) is 0 Å². The fourth-order valence-electron chi connectivity index (χ4n) is 1.84. The van der Waals surface area contributed by atoms with Gasteiger partial charge in [0.05, 0.1) is 6.61 Å². The second-order valence-electron chi connectivity index (χ2n) is 4.15. The summed E-state index contributed by atoms with van der Waals surface area (Å²) in [6, 6.07) is 5.79. The molecule has 0 unspecified atom stereocenters. The van der Waals surface area contributed by atoms with Gasteiger partial charge in [0.2, 0.25) is 5.91 Å². The summed E-state index contributed by atoms with van der Waals surface area (Å²) in [6.45, 7) is 0.789. The molecule has 92 valence electrons. The number of benzene rings is 1. The van der Waals surface area contributed by atoms with Crippen molar-refractivity contribution in [2.45, 2.75) is 25.7 Å². The molecule has 4 heteroatoms. The number of carbonyl (C=O) groups is 1. The zero-order valence-corrected chi connectivity index (χ0v) is 9.74. The monoisotopic (exact) mass is 235 g/mol. The van der Waals surface area contributed by atoms with Gasteiger partial charge in [0.1, 0.15) is 5.75 Å². The molecule has 17 heavy (non-hydrogen) atoms. The minimum Gasteiger partial charge on any atom is -0.494 e. The van der Waals surface area contributed by atoms with Crippen LogP contribution in [-0.4, -0.2) is 24.2 Å². The number of hydrogen-bond acceptors (Lipinski definition) is 3. The Kier molecular flexibility index (Phi) is 3.98. The molecule has 0 fully saturated rings. The number of aryl methyl sites for hydroxylation is 1. The normalized spacial score (nSPS) is 14.1. The van der Waals surface area contributed by atoms with E-state index in [0.717, 1.165) is 36.3 Å². The van der Waals surface area contributed by atoms with Crippen molar-refractivity contribution in [2.24, 2.45) is 0 Å². The highest BCUT2D eigenvalue weighted by Gasteiger charge is 2.14. The lowest BCUT2D eigenvalue weighted by atomic mass is 10.0. The van der Waals surface area contributed by atoms with Crippen molar-refractivity contribution in [3.05, 3.63) is 23.8 Å². The molecule has 0 bridgehead atoms. The molecule has 1 heterocycles. The van der Waals surface area contributed by atoms with Gasteiger partial charge in [0, 0.05) is 24.8 Å². The van der Waals surface area contributed by atoms with Gasteiger partial charge in [0.15, 0.2) is 0 Å². The minimum absolute atomic E-state index is 0.0648. The predicted octanol–water partition coefficient (Wildman–Crippen LogP) is 1.72. The van der Waals surface area contributed by atoms with Gasteiger partial charge in [-0.25, -0.2) is 0 Å². The van der Waals surface area contributed by atoms with E-state index in [9.17, 15) is 4.79 Å². The third kappa shape index (κ3) is 3.20. The SMILES string of the molecule is O=C1CCc2ccc(OCCCCO)cc2N1. The number of nitrogens with one attached hydrogen (secondary N) is 1. The quantitative estimate of drug-likeness (QED) is 0.764. The first-order valence-electron chi connectivity index (χ1n) is 5.96. The fourth-order valence-corrected chi connectivity index (χ4v) is 1.84. The number of amides is 1. The molecule has 1 amide bonds. The number of carbonyl (C=O) groups excluding carboxylic acids is 1. The third-order valence-corrected chi connectivity index (χ3v) is 2.80. The predicted molar refractivity (Wildman–Crippen MR) is 65.2 cm³/mol. The highest BCUT2D eigenvalue weighted by Crippen LogP contribution is 2.27. The van der Waals surface area contributed by atoms with Crippen molar-refractivity contribution in [1.29, 1.82) is 0 Å². The summed E-state index contributed by atoms with van der Waals surface area (Å²) < 4.78 is 5.55. The largest absolute Gasteiger partial charge is 0.494 e. The second kappa shape index (κ2) is 5.68. The van der Waals surface area contributed by atoms with E-state index in [0.29, 0.717) is 13.0 Å². The van der Waals surface area contributed by atoms with E-state index in [-0.39, 0.29) is 12.5 Å². The molecule has 0 atom stereocenters. The summed E-state index contributed by atoms with van der Waals surface area (Å²) in [5.41, 5.74) is 2.02. The Morgan fingerprint density at radius 3 is 3.00 bits per heavy atom. The molecular formula is C13H17NO3. The van der Waals surface area contributed by atoms with Gasteiger partial charge in [-0.3, -0.25) is 4.79 Å². The first-order valence-corrected chi connectivity index (χ1v) is 5.96. The van der Waals surface area contributed by atoms with E-state index in [1.807, 2.05) is 18.2 Å². The number of aliphatic hydroxyl groups excluding tert-OH is 1. The number of aliphatic hydroxyl groups is 1. The molecule has 1 aliphatic rings. The maximum absolute atomic E-state index is 11.3. The first kappa shape index (κ1) is 11.9. The summed E-state index contributed by atoms with van der Waals surface area (Å²) in [5.74, 6) is 0.832. The molecule has 1 aromatic carbocycles. The van der Waals surface area contributed by atoms with Crippen molar-refractivity contribution < 1.29 is 14.6 Å². The molecule has 1 aromatic rings. The molecule has 0 spiro atoms. The standard InChI is InChI=1S/C13H17NO3/c15-7-1-2-8-17-11-5-3-10-4-6-13(16)14-12(10)9-11/h3,5,9,15H,1-2,4,6-8H2,(H,14,16). The Morgan fingerprint density at radius 2 is 2.18 bits per heavy atom. The zero-order valence-electron chi connectivity index (χ0n) is 9.74. The smallest absolute Gasteiger partial charge is 0.224 e. The average molecular weight is 235 g/mol. The molecule has 2 N–H and O–H groups in total. The van der Waals surface area contributed by atoms with Crippen LogP contribution in [0.5, 0.6) is 5.75 Å². The molecular weight excluding hydrogens is 218 g/mol. The van der Waals surface area contributed by atoms with Crippen LogP contribution in [-0.2, 0) is 11.2 Å². The Bertz CT molecular complexity index is 404. The second-order valence-corrected chi connectivity index (χ2v) is 4.15. The number of unbranched alkanes of at least 4 members (excludes halogenated alkanes) is 1. The summed E-state index contributed by atoms with van der Waals surface area (Å²) in [7, 11) is 0. The Morgan fingerprint density at radius 1 is 1.29 bits per heavy atom. The maximum atomic E-state index is 11.3. The zero-order chi connectivity index (χ0) is 12.1. The molecule has 0 aromatic heterocycles. The molecule has 2 rings (SSSR count). The van der Waals surface area contributed by atoms with Crippen LogP contribution in [0.2, 0.25) is 0 Å². The topological polar surface area (TPSA) is 58.6 Å². The van der Waals surface area contributed by atoms with Crippen LogP contribution < -0.4 is 10.1 Å². The van der Waals surface area contributed by atoms with Crippen LogP contribution in [0.15, 0.2) is 18.2 Å². The fraction of sp³-hybridized carbons (Fsp3) is 0.462. The van der Waals surface area contributed by atoms with Crippen molar-refractivity contribution in [2.75, 3.05) is 18.5 Å². The summed E-state index contributed by atoms with van der Waals surface area (Å²) >= 11 is 0. The Labute approximate surface area is 101 Å². The van der Waals surface area contributed by atoms with Crippen LogP contribution >= 0.6 is 0 Å². The van der Waals surface area contributed by atoms with Gasteiger partial charge in [-0.2, -0.15) is 0 Å². The number of anilines is 1. The van der Waals surface area contributed by atoms with Gasteiger partial charge in [-0.1, -0.05) is 6.07 Å². The number of fused-ring (bicyclic) bond motifs is 1. The molecule has 0 radical (unpaired) electrons. The van der Waals surface area contributed by atoms with Gasteiger partial charge >= 0.3 is 0 Å². The van der Waals surface area contributed by atoms with Gasteiger partial charge in [0.25, 0.3) is 0 Å². The van der Waals surface area contributed by atoms with E-state index in [1.165, 1.54) is 0 Å². The lowest BCUT2D eigenvalue weighted by molar-refractivity contribution is -0.116. The highest BCUT2D eigenvalue weighted by molar-refractivity contribution is 5.94. The molecule has 0 saturated carbocycles. The van der Waals surface area contributed by atoms with Gasteiger partial charge in [-0.15, -0.1) is 0 Å². The van der Waals surface area contributed by atoms with E-state index in [1.54, 1.807) is 0 Å². The highest BCUT2D eigenvalue weighted by atomic mass is 16.5. The van der Waals surface area contributed by atoms with Crippen LogP contribution in [0.1, 0.15) is 24.8 Å². The van der Waals surface area contributed by atoms with Crippen molar-refractivity contribution in [3.63, 3.8) is 0 Å². The minimum atomic E-state index is 0.0648. The third-order valence-electron chi connectivity index (χ3n) is 2.80. The van der Waals surface area contributed by atoms with Crippen LogP contribution in [0.4, 0.5) is 5.69 Å². The van der Waals surface area contributed by atoms with Crippen molar-refractivity contribution in [1.82, 2.24) is 0 Å². The van der Waals surface area contributed by atoms with Gasteiger partial charge in [-0.05, 0) is 30.9 Å². The average Bonchev–Trinajstić information content (AvgIpc) is 2.34. The van der Waals surface area contributed by atoms with E-state index >= 15 is 0 Å². The lowest BCUT2D eigenvalue weighted by Gasteiger charge is -2.17. The summed E-state index contributed by atoms with van der Waals surface area (Å²) in [5, 5.41) is 11.5. The molecule has 1 aliphatic heterocycles. The van der Waals surface area contributed by atoms with Crippen molar-refractivity contribution >= 4 is 11.6 Å². The van der Waals surface area contributed by atoms with Gasteiger partial charge < -0.3 is 15.2 Å². The van der Waals surface area contributed by atoms with Crippen molar-refractivity contribution in [3.8, 4) is 5.75 Å². The summed E-state index contributed by atoms with van der Waals surface area (Å²) in [6.07, 6.45) is 2.94. The van der Waals surface area contributed by atoms with E-state index in [4.69, 9.17) is 9.84 Å². The lowest BCUT2D eigenvalue weighted by Crippen LogP contribution is -2.18. The molecule has 4 nitrogen and oxygen atoms in total. The Hall–Kier alpha value is -1.55. The van der Waals surface area contributed by atoms with Crippen LogP contribution in [0.25, 0.3) is 0 Å². The number of rotatable bonds is 5. The Balaban J connectivity index is 1.95. The molecule has 0 saturated heterocycles. The number of ether oxygens (including phenoxy) is 1. The number of hydrogen-bond donors (Lipinski definition) is 2.